The van der Waals surface area contributed by atoms with Gasteiger partial charge < -0.3 is 11.1 Å². The largest absolute Gasteiger partial charge is 0.370 e. The Hall–Kier alpha value is -2.07. The average molecular weight is 420 g/mol. The monoisotopic (exact) mass is 420 g/mol. The molecule has 2 aromatic rings. The van der Waals surface area contributed by atoms with Gasteiger partial charge in [-0.25, -0.2) is 4.99 Å². The molecule has 23 heavy (non-hydrogen) atoms. The van der Waals surface area contributed by atoms with E-state index in [2.05, 4.69) is 16.4 Å². The summed E-state index contributed by atoms with van der Waals surface area (Å²) in [7, 11) is 0. The molecule has 0 aliphatic carbocycles. The van der Waals surface area contributed by atoms with Gasteiger partial charge in [0.25, 0.3) is 0 Å². The van der Waals surface area contributed by atoms with E-state index in [1.165, 1.54) is 0 Å². The number of benzene rings is 2. The second kappa shape index (κ2) is 9.16. The molecule has 0 atom stereocenters. The highest BCUT2D eigenvalue weighted by Crippen LogP contribution is 2.23. The average Bonchev–Trinajstić information content (AvgIpc) is 2.53. The predicted octanol–water partition coefficient (Wildman–Crippen LogP) is 3.66. The fraction of sp³-hybridized carbons (Fsp3) is 0.222. The molecule has 0 unspecified atom stereocenters. The highest BCUT2D eigenvalue weighted by molar-refractivity contribution is 14.0. The van der Waals surface area contributed by atoms with E-state index in [-0.39, 0.29) is 30.0 Å². The maximum absolute atomic E-state index is 9.16. The quantitative estimate of drug-likeness (QED) is 0.451. The van der Waals surface area contributed by atoms with E-state index >= 15 is 0 Å². The van der Waals surface area contributed by atoms with Gasteiger partial charge in [-0.05, 0) is 36.6 Å². The zero-order valence-corrected chi connectivity index (χ0v) is 15.6. The van der Waals surface area contributed by atoms with E-state index in [0.717, 1.165) is 16.7 Å². The van der Waals surface area contributed by atoms with Crippen LogP contribution in [-0.4, -0.2) is 12.0 Å². The third-order valence-electron chi connectivity index (χ3n) is 3.18. The lowest BCUT2D eigenvalue weighted by molar-refractivity contribution is 0.723. The van der Waals surface area contributed by atoms with Gasteiger partial charge in [-0.1, -0.05) is 42.5 Å². The Morgan fingerprint density at radius 3 is 2.43 bits per heavy atom. The van der Waals surface area contributed by atoms with Crippen LogP contribution < -0.4 is 11.1 Å². The minimum atomic E-state index is 0. The van der Waals surface area contributed by atoms with Crippen molar-refractivity contribution in [1.29, 1.82) is 5.26 Å². The van der Waals surface area contributed by atoms with Crippen LogP contribution in [0.15, 0.2) is 53.5 Å². The van der Waals surface area contributed by atoms with Crippen LogP contribution in [0.3, 0.4) is 0 Å². The summed E-state index contributed by atoms with van der Waals surface area (Å²) in [6.07, 6.45) is 0. The van der Waals surface area contributed by atoms with Gasteiger partial charge in [0, 0.05) is 6.04 Å². The molecule has 5 heteroatoms. The first-order valence-electron chi connectivity index (χ1n) is 7.25. The lowest BCUT2D eigenvalue weighted by Gasteiger charge is -2.09. The van der Waals surface area contributed by atoms with E-state index in [0.29, 0.717) is 18.1 Å². The molecule has 0 fully saturated rings. The summed E-state index contributed by atoms with van der Waals surface area (Å²) in [6.45, 7) is 4.57. The first kappa shape index (κ1) is 19.0. The van der Waals surface area contributed by atoms with Crippen LogP contribution in [0.2, 0.25) is 0 Å². The lowest BCUT2D eigenvalue weighted by Crippen LogP contribution is -2.36. The second-order valence-electron chi connectivity index (χ2n) is 5.35. The van der Waals surface area contributed by atoms with Crippen LogP contribution in [0.4, 0.5) is 0 Å². The lowest BCUT2D eigenvalue weighted by atomic mass is 9.99. The number of nitrogens with one attached hydrogen (secondary N) is 1. The molecule has 0 saturated heterocycles. The van der Waals surface area contributed by atoms with E-state index in [9.17, 15) is 0 Å². The van der Waals surface area contributed by atoms with Crippen LogP contribution in [0.25, 0.3) is 11.1 Å². The first-order chi connectivity index (χ1) is 10.6. The topological polar surface area (TPSA) is 74.2 Å². The molecule has 3 N–H and O–H groups in total. The Labute approximate surface area is 154 Å². The summed E-state index contributed by atoms with van der Waals surface area (Å²) in [6, 6.07) is 18.1. The molecule has 0 saturated carbocycles. The number of hydrogen-bond donors (Lipinski definition) is 2. The summed E-state index contributed by atoms with van der Waals surface area (Å²) in [5.74, 6) is 0.453. The van der Waals surface area contributed by atoms with Gasteiger partial charge in [0.15, 0.2) is 5.96 Å². The highest BCUT2D eigenvalue weighted by Gasteiger charge is 2.03. The minimum absolute atomic E-state index is 0. The molecule has 120 valence electrons. The van der Waals surface area contributed by atoms with Crippen molar-refractivity contribution in [1.82, 2.24) is 5.32 Å². The van der Waals surface area contributed by atoms with Gasteiger partial charge in [-0.15, -0.1) is 24.0 Å². The number of guanidine groups is 1. The smallest absolute Gasteiger partial charge is 0.189 e. The van der Waals surface area contributed by atoms with Crippen molar-refractivity contribution in [3.8, 4) is 17.2 Å². The Morgan fingerprint density at radius 1 is 1.17 bits per heavy atom. The Kier molecular flexibility index (Phi) is 7.55. The second-order valence-corrected chi connectivity index (χ2v) is 5.35. The molecule has 2 rings (SSSR count). The number of nitriles is 1. The Morgan fingerprint density at radius 2 is 1.83 bits per heavy atom. The van der Waals surface area contributed by atoms with Crippen molar-refractivity contribution in [3.05, 3.63) is 59.7 Å². The van der Waals surface area contributed by atoms with Gasteiger partial charge in [0.2, 0.25) is 0 Å². The zero-order chi connectivity index (χ0) is 15.9. The summed E-state index contributed by atoms with van der Waals surface area (Å²) in [5.41, 5.74) is 9.51. The molecular formula is C18H21IN4. The van der Waals surface area contributed by atoms with Gasteiger partial charge >= 0.3 is 0 Å². The fourth-order valence-electron chi connectivity index (χ4n) is 2.14. The van der Waals surface area contributed by atoms with Crippen molar-refractivity contribution >= 4 is 29.9 Å². The number of nitrogens with two attached hydrogens (primary N) is 1. The highest BCUT2D eigenvalue weighted by atomic mass is 127. The first-order valence-corrected chi connectivity index (χ1v) is 7.25. The molecule has 0 radical (unpaired) electrons. The Bertz CT molecular complexity index is 700. The normalized spacial score (nSPS) is 10.8. The van der Waals surface area contributed by atoms with Crippen molar-refractivity contribution in [2.45, 2.75) is 26.4 Å². The zero-order valence-electron chi connectivity index (χ0n) is 13.3. The minimum Gasteiger partial charge on any atom is -0.370 e. The van der Waals surface area contributed by atoms with Gasteiger partial charge in [0.1, 0.15) is 0 Å². The maximum atomic E-state index is 9.16. The van der Waals surface area contributed by atoms with Gasteiger partial charge in [0.05, 0.1) is 18.2 Å². The summed E-state index contributed by atoms with van der Waals surface area (Å²) in [4.78, 5) is 4.30. The number of nitrogens with zero attached hydrogens (tertiary/aromatic N) is 2. The Balaban J connectivity index is 0.00000264. The van der Waals surface area contributed by atoms with Crippen LogP contribution in [0.1, 0.15) is 25.0 Å². The molecular weight excluding hydrogens is 399 g/mol. The van der Waals surface area contributed by atoms with E-state index in [4.69, 9.17) is 11.0 Å². The van der Waals surface area contributed by atoms with E-state index in [1.54, 1.807) is 0 Å². The molecule has 0 aromatic heterocycles. The van der Waals surface area contributed by atoms with Crippen LogP contribution in [-0.2, 0) is 6.54 Å². The van der Waals surface area contributed by atoms with Crippen molar-refractivity contribution in [2.75, 3.05) is 0 Å². The fourth-order valence-corrected chi connectivity index (χ4v) is 2.14. The number of halogens is 1. The number of rotatable bonds is 4. The molecule has 0 bridgehead atoms. The van der Waals surface area contributed by atoms with Crippen LogP contribution >= 0.6 is 24.0 Å². The van der Waals surface area contributed by atoms with Crippen LogP contribution in [0.5, 0.6) is 0 Å². The standard InChI is InChI=1S/C18H20N4.HI/c1-13(2)22-18(20)21-12-14-7-9-15(10-8-14)17-6-4-3-5-16(17)11-19;/h3-10,13H,12H2,1-2H3,(H3,20,21,22);1H. The van der Waals surface area contributed by atoms with Crippen molar-refractivity contribution in [2.24, 2.45) is 10.7 Å². The summed E-state index contributed by atoms with van der Waals surface area (Å²) in [5, 5.41) is 12.2. The molecule has 0 aliphatic heterocycles. The van der Waals surface area contributed by atoms with Gasteiger partial charge in [-0.3, -0.25) is 0 Å². The maximum Gasteiger partial charge on any atom is 0.189 e. The van der Waals surface area contributed by atoms with E-state index in [1.807, 2.05) is 62.4 Å². The third-order valence-corrected chi connectivity index (χ3v) is 3.18. The molecule has 0 amide bonds. The SMILES string of the molecule is CC(C)NC(N)=NCc1ccc(-c2ccccc2C#N)cc1.I. The molecule has 0 aliphatic rings. The third kappa shape index (κ3) is 5.57. The van der Waals surface area contributed by atoms with Crippen molar-refractivity contribution in [3.63, 3.8) is 0 Å². The molecule has 0 heterocycles. The predicted molar refractivity (Wildman–Crippen MR) is 106 cm³/mol. The summed E-state index contributed by atoms with van der Waals surface area (Å²) >= 11 is 0. The summed E-state index contributed by atoms with van der Waals surface area (Å²) < 4.78 is 0. The van der Waals surface area contributed by atoms with E-state index < -0.39 is 0 Å². The van der Waals surface area contributed by atoms with Gasteiger partial charge in [-0.2, -0.15) is 5.26 Å². The van der Waals surface area contributed by atoms with Crippen molar-refractivity contribution < 1.29 is 0 Å². The molecule has 4 nitrogen and oxygen atoms in total. The van der Waals surface area contributed by atoms with Crippen LogP contribution in [0, 0.1) is 11.3 Å². The molecule has 0 spiro atoms. The molecule has 2 aromatic carbocycles. The number of aliphatic imine (C=N–C) groups is 1. The number of hydrogen-bond acceptors (Lipinski definition) is 2.